The summed E-state index contributed by atoms with van der Waals surface area (Å²) < 4.78 is 6.24. The highest BCUT2D eigenvalue weighted by Crippen LogP contribution is 2.40. The fourth-order valence-electron chi connectivity index (χ4n) is 3.35. The normalized spacial score (nSPS) is 16.7. The van der Waals surface area contributed by atoms with Crippen LogP contribution in [0.2, 0.25) is 18.1 Å². The van der Waals surface area contributed by atoms with Gasteiger partial charge in [-0.25, -0.2) is 9.79 Å². The highest BCUT2D eigenvalue weighted by atomic mass is 32.2. The largest absolute Gasteiger partial charge is 0.478 e. The van der Waals surface area contributed by atoms with Crippen LogP contribution in [0.3, 0.4) is 0 Å². The number of unbranched alkanes of at least 4 members (excludes halogenated alkanes) is 2. The van der Waals surface area contributed by atoms with Crippen LogP contribution in [0.5, 0.6) is 0 Å². The molecule has 0 aromatic heterocycles. The first-order valence-corrected chi connectivity index (χ1v) is 16.8. The number of carboxylic acids is 1. The Labute approximate surface area is 217 Å². The number of non-ortho nitro benzene ring substituents is 1. The quantitative estimate of drug-likeness (QED) is 0.106. The number of thioether (sulfide) groups is 2. The molecule has 11 heteroatoms. The van der Waals surface area contributed by atoms with Crippen LogP contribution < -0.4 is 5.32 Å². The van der Waals surface area contributed by atoms with Crippen molar-refractivity contribution in [3.63, 3.8) is 0 Å². The summed E-state index contributed by atoms with van der Waals surface area (Å²) in [5.74, 6) is -0.270. The van der Waals surface area contributed by atoms with Gasteiger partial charge in [0, 0.05) is 34.9 Å². The number of aliphatic imine (C=N–C) groups is 1. The van der Waals surface area contributed by atoms with Crippen LogP contribution in [0.1, 0.15) is 58.6 Å². The van der Waals surface area contributed by atoms with E-state index in [1.54, 1.807) is 24.8 Å². The van der Waals surface area contributed by atoms with E-state index in [9.17, 15) is 20.0 Å². The predicted molar refractivity (Wildman–Crippen MR) is 148 cm³/mol. The van der Waals surface area contributed by atoms with Crippen LogP contribution in [-0.2, 0) is 9.22 Å². The first kappa shape index (κ1) is 29.4. The first-order chi connectivity index (χ1) is 16.3. The number of nitrogens with zero attached hydrogens (tertiary/aromatic N) is 2. The van der Waals surface area contributed by atoms with Crippen LogP contribution in [-0.4, -0.2) is 48.1 Å². The number of allylic oxidation sites excluding steroid dienone is 1. The molecule has 0 saturated heterocycles. The lowest BCUT2D eigenvalue weighted by atomic mass is 9.96. The highest BCUT2D eigenvalue weighted by molar-refractivity contribution is 8.13. The lowest BCUT2D eigenvalue weighted by Crippen LogP contribution is -2.40. The van der Waals surface area contributed by atoms with E-state index in [2.05, 4.69) is 44.2 Å². The molecule has 1 aliphatic heterocycles. The van der Waals surface area contributed by atoms with Crippen molar-refractivity contribution in [2.24, 2.45) is 4.99 Å². The zero-order valence-corrected chi connectivity index (χ0v) is 24.3. The monoisotopic (exact) mass is 539 g/mol. The highest BCUT2D eigenvalue weighted by Gasteiger charge is 2.36. The van der Waals surface area contributed by atoms with Crippen molar-refractivity contribution in [2.45, 2.75) is 76.0 Å². The van der Waals surface area contributed by atoms with E-state index in [0.29, 0.717) is 16.4 Å². The van der Waals surface area contributed by atoms with Crippen molar-refractivity contribution in [1.82, 2.24) is 5.32 Å². The smallest absolute Gasteiger partial charge is 0.335 e. The van der Waals surface area contributed by atoms with Gasteiger partial charge in [0.2, 0.25) is 0 Å². The topological polar surface area (TPSA) is 114 Å². The molecular formula is C24H37N3O5S2Si. The fourth-order valence-corrected chi connectivity index (χ4v) is 5.98. The van der Waals surface area contributed by atoms with Gasteiger partial charge in [-0.3, -0.25) is 10.1 Å². The molecule has 2 N–H and O–H groups in total. The van der Waals surface area contributed by atoms with E-state index in [1.807, 2.05) is 6.26 Å². The summed E-state index contributed by atoms with van der Waals surface area (Å²) >= 11 is 2.96. The molecule has 1 atom stereocenters. The molecule has 0 aliphatic carbocycles. The molecule has 2 rings (SSSR count). The molecule has 1 unspecified atom stereocenters. The minimum atomic E-state index is -1.73. The van der Waals surface area contributed by atoms with Gasteiger partial charge in [0.25, 0.3) is 5.69 Å². The Balaban J connectivity index is 2.12. The molecule has 194 valence electrons. The number of aliphatic carboxylic acids is 1. The van der Waals surface area contributed by atoms with Gasteiger partial charge >= 0.3 is 5.97 Å². The Morgan fingerprint density at radius 1 is 1.29 bits per heavy atom. The van der Waals surface area contributed by atoms with Gasteiger partial charge in [-0.2, -0.15) is 0 Å². The molecule has 0 bridgehead atoms. The molecule has 0 fully saturated rings. The molecule has 0 amide bonds. The van der Waals surface area contributed by atoms with Gasteiger partial charge in [0.1, 0.15) is 6.04 Å². The van der Waals surface area contributed by atoms with Gasteiger partial charge < -0.3 is 14.8 Å². The minimum Gasteiger partial charge on any atom is -0.478 e. The average Bonchev–Trinajstić information content (AvgIpc) is 2.76. The van der Waals surface area contributed by atoms with Gasteiger partial charge in [-0.15, -0.1) is 11.8 Å². The summed E-state index contributed by atoms with van der Waals surface area (Å²) in [6, 6.07) is 3.83. The van der Waals surface area contributed by atoms with E-state index in [-0.39, 0.29) is 16.3 Å². The lowest BCUT2D eigenvalue weighted by Gasteiger charge is -2.36. The zero-order chi connectivity index (χ0) is 26.4. The molecular weight excluding hydrogens is 503 g/mol. The van der Waals surface area contributed by atoms with Gasteiger partial charge in [0.15, 0.2) is 13.5 Å². The molecule has 35 heavy (non-hydrogen) atoms. The van der Waals surface area contributed by atoms with Gasteiger partial charge in [-0.1, -0.05) is 39.0 Å². The van der Waals surface area contributed by atoms with E-state index in [4.69, 9.17) is 4.43 Å². The summed E-state index contributed by atoms with van der Waals surface area (Å²) in [6.07, 6.45) is 4.82. The molecule has 1 aromatic carbocycles. The van der Waals surface area contributed by atoms with Crippen molar-refractivity contribution in [3.8, 4) is 0 Å². The molecule has 1 aromatic rings. The maximum atomic E-state index is 12.0. The number of hydrogen-bond acceptors (Lipinski definition) is 8. The second kappa shape index (κ2) is 12.4. The van der Waals surface area contributed by atoms with Crippen LogP contribution in [0, 0.1) is 10.1 Å². The summed E-state index contributed by atoms with van der Waals surface area (Å²) in [7, 11) is -1.73. The molecule has 0 spiro atoms. The molecule has 1 heterocycles. The van der Waals surface area contributed by atoms with Crippen molar-refractivity contribution < 1.29 is 19.3 Å². The van der Waals surface area contributed by atoms with E-state index in [0.717, 1.165) is 36.5 Å². The SMILES string of the molecule is CSC1=NC(c2cc([N+](=O)[O-])ccc2SCCCCCO[Si](C)(C)C(C)(C)C)C(C(=O)O)=C(C)N1. The maximum Gasteiger partial charge on any atom is 0.335 e. The van der Waals surface area contributed by atoms with E-state index < -0.39 is 25.3 Å². The van der Waals surface area contributed by atoms with Crippen molar-refractivity contribution >= 4 is 48.7 Å². The van der Waals surface area contributed by atoms with E-state index in [1.165, 1.54) is 23.9 Å². The number of benzene rings is 1. The Kier molecular flexibility index (Phi) is 10.4. The molecule has 0 saturated carbocycles. The Hall–Kier alpha value is -1.82. The Morgan fingerprint density at radius 2 is 1.97 bits per heavy atom. The standard InChI is InChI=1S/C24H37N3O5S2Si/c1-16-20(22(28)29)21(26-23(25-16)33-5)18-15-17(27(30)31)11-12-19(18)34-14-10-8-9-13-32-35(6,7)24(2,3)4/h11-12,15,21H,8-10,13-14H2,1-7H3,(H,25,26)(H,28,29). The maximum absolute atomic E-state index is 12.0. The molecule has 8 nitrogen and oxygen atoms in total. The average molecular weight is 540 g/mol. The summed E-state index contributed by atoms with van der Waals surface area (Å²) in [4.78, 5) is 28.4. The number of amidine groups is 1. The lowest BCUT2D eigenvalue weighted by molar-refractivity contribution is -0.385. The summed E-state index contributed by atoms with van der Waals surface area (Å²) in [5, 5.41) is 25.1. The predicted octanol–water partition coefficient (Wildman–Crippen LogP) is 6.60. The molecule has 0 radical (unpaired) electrons. The van der Waals surface area contributed by atoms with Crippen LogP contribution >= 0.6 is 23.5 Å². The number of carbonyl (C=O) groups is 1. The second-order valence-corrected chi connectivity index (χ2v) is 16.7. The first-order valence-electron chi connectivity index (χ1n) is 11.7. The fraction of sp³-hybridized carbons (Fsp3) is 0.583. The van der Waals surface area contributed by atoms with E-state index >= 15 is 0 Å². The zero-order valence-electron chi connectivity index (χ0n) is 21.6. The number of carboxylic acid groups (broad SMARTS) is 1. The number of nitrogens with one attached hydrogen (secondary N) is 1. The van der Waals surface area contributed by atoms with Crippen LogP contribution in [0.25, 0.3) is 0 Å². The minimum absolute atomic E-state index is 0.0750. The number of rotatable bonds is 11. The Morgan fingerprint density at radius 3 is 2.54 bits per heavy atom. The summed E-state index contributed by atoms with van der Waals surface area (Å²) in [5.41, 5.74) is 1.07. The number of nitro groups is 1. The second-order valence-electron chi connectivity index (χ2n) is 10.0. The van der Waals surface area contributed by atoms with Crippen molar-refractivity contribution in [2.75, 3.05) is 18.6 Å². The Bertz CT molecular complexity index is 1010. The summed E-state index contributed by atoms with van der Waals surface area (Å²) in [6.45, 7) is 13.7. The van der Waals surface area contributed by atoms with Crippen LogP contribution in [0.4, 0.5) is 5.69 Å². The molecule has 1 aliphatic rings. The third-order valence-electron chi connectivity index (χ3n) is 6.46. The number of hydrogen-bond donors (Lipinski definition) is 2. The third kappa shape index (κ3) is 7.83. The third-order valence-corrected chi connectivity index (χ3v) is 12.8. The van der Waals surface area contributed by atoms with Crippen molar-refractivity contribution in [3.05, 3.63) is 45.1 Å². The van der Waals surface area contributed by atoms with Crippen molar-refractivity contribution in [1.29, 1.82) is 0 Å². The van der Waals surface area contributed by atoms with Crippen LogP contribution in [0.15, 0.2) is 39.4 Å². The van der Waals surface area contributed by atoms with Gasteiger partial charge in [0.05, 0.1) is 10.5 Å². The van der Waals surface area contributed by atoms with Gasteiger partial charge in [-0.05, 0) is 56.0 Å². The number of nitro benzene ring substituents is 1.